The van der Waals surface area contributed by atoms with E-state index in [9.17, 15) is 4.39 Å². The molecule has 20 heavy (non-hydrogen) atoms. The van der Waals surface area contributed by atoms with Gasteiger partial charge in [-0.25, -0.2) is 4.39 Å². The lowest BCUT2D eigenvalue weighted by molar-refractivity contribution is 0.245. The molecule has 0 aromatic heterocycles. The van der Waals surface area contributed by atoms with E-state index in [4.69, 9.17) is 5.73 Å². The van der Waals surface area contributed by atoms with E-state index in [2.05, 4.69) is 23.6 Å². The SMILES string of the molecule is CC(C)(N)CCCN1CCN(c2ccccc2F)CC1. The number of para-hydroxylation sites is 1. The van der Waals surface area contributed by atoms with Crippen LogP contribution in [0.2, 0.25) is 0 Å². The summed E-state index contributed by atoms with van der Waals surface area (Å²) in [7, 11) is 0. The van der Waals surface area contributed by atoms with Gasteiger partial charge in [0.2, 0.25) is 0 Å². The number of nitrogens with zero attached hydrogens (tertiary/aromatic N) is 2. The maximum atomic E-state index is 13.7. The largest absolute Gasteiger partial charge is 0.367 e. The van der Waals surface area contributed by atoms with Gasteiger partial charge in [0.1, 0.15) is 5.82 Å². The molecule has 0 radical (unpaired) electrons. The van der Waals surface area contributed by atoms with Gasteiger partial charge in [-0.3, -0.25) is 4.90 Å². The van der Waals surface area contributed by atoms with Gasteiger partial charge in [-0.2, -0.15) is 0 Å². The van der Waals surface area contributed by atoms with Crippen molar-refractivity contribution in [3.63, 3.8) is 0 Å². The Morgan fingerprint density at radius 2 is 1.80 bits per heavy atom. The van der Waals surface area contributed by atoms with Crippen molar-refractivity contribution in [2.45, 2.75) is 32.2 Å². The second kappa shape index (κ2) is 6.55. The van der Waals surface area contributed by atoms with E-state index in [0.29, 0.717) is 0 Å². The van der Waals surface area contributed by atoms with Gasteiger partial charge in [0.05, 0.1) is 5.69 Å². The lowest BCUT2D eigenvalue weighted by Gasteiger charge is -2.36. The van der Waals surface area contributed by atoms with Crippen LogP contribution in [0.3, 0.4) is 0 Å². The van der Waals surface area contributed by atoms with Crippen molar-refractivity contribution in [2.75, 3.05) is 37.6 Å². The number of benzene rings is 1. The first kappa shape index (κ1) is 15.3. The molecule has 0 spiro atoms. The summed E-state index contributed by atoms with van der Waals surface area (Å²) in [5, 5.41) is 0. The molecule has 4 heteroatoms. The Morgan fingerprint density at radius 1 is 1.15 bits per heavy atom. The molecule has 2 rings (SSSR count). The van der Waals surface area contributed by atoms with Crippen LogP contribution in [0.25, 0.3) is 0 Å². The molecular weight excluding hydrogens is 253 g/mol. The maximum Gasteiger partial charge on any atom is 0.146 e. The van der Waals surface area contributed by atoms with E-state index in [1.165, 1.54) is 6.07 Å². The lowest BCUT2D eigenvalue weighted by Crippen LogP contribution is -2.47. The van der Waals surface area contributed by atoms with Crippen LogP contribution in [0.1, 0.15) is 26.7 Å². The van der Waals surface area contributed by atoms with E-state index in [1.807, 2.05) is 12.1 Å². The van der Waals surface area contributed by atoms with Crippen molar-refractivity contribution in [2.24, 2.45) is 5.73 Å². The first-order valence-corrected chi connectivity index (χ1v) is 7.46. The fourth-order valence-electron chi connectivity index (χ4n) is 2.68. The van der Waals surface area contributed by atoms with Gasteiger partial charge in [0, 0.05) is 31.7 Å². The molecule has 0 aliphatic carbocycles. The Kier molecular flexibility index (Phi) is 5.00. The van der Waals surface area contributed by atoms with Gasteiger partial charge < -0.3 is 10.6 Å². The van der Waals surface area contributed by atoms with E-state index >= 15 is 0 Å². The summed E-state index contributed by atoms with van der Waals surface area (Å²) in [5.41, 5.74) is 6.65. The molecule has 0 unspecified atom stereocenters. The van der Waals surface area contributed by atoms with Crippen molar-refractivity contribution in [1.29, 1.82) is 0 Å². The minimum absolute atomic E-state index is 0.0744. The third kappa shape index (κ3) is 4.46. The zero-order valence-corrected chi connectivity index (χ0v) is 12.6. The molecule has 0 bridgehead atoms. The fourth-order valence-corrected chi connectivity index (χ4v) is 2.68. The average molecular weight is 279 g/mol. The molecule has 1 aromatic carbocycles. The predicted molar refractivity (Wildman–Crippen MR) is 82.6 cm³/mol. The molecule has 3 nitrogen and oxygen atoms in total. The second-order valence-electron chi connectivity index (χ2n) is 6.37. The van der Waals surface area contributed by atoms with Crippen molar-refractivity contribution in [1.82, 2.24) is 4.90 Å². The van der Waals surface area contributed by atoms with Gasteiger partial charge in [0.15, 0.2) is 0 Å². The van der Waals surface area contributed by atoms with Crippen LogP contribution in [0, 0.1) is 5.82 Å². The van der Waals surface area contributed by atoms with E-state index < -0.39 is 0 Å². The molecule has 1 saturated heterocycles. The third-order valence-corrected chi connectivity index (χ3v) is 3.86. The van der Waals surface area contributed by atoms with E-state index in [0.717, 1.165) is 51.3 Å². The summed E-state index contributed by atoms with van der Waals surface area (Å²) in [6.45, 7) is 9.02. The Morgan fingerprint density at radius 3 is 2.40 bits per heavy atom. The van der Waals surface area contributed by atoms with Gasteiger partial charge >= 0.3 is 0 Å². The molecule has 1 aromatic rings. The maximum absolute atomic E-state index is 13.7. The summed E-state index contributed by atoms with van der Waals surface area (Å²) in [6.07, 6.45) is 2.17. The van der Waals surface area contributed by atoms with E-state index in [1.54, 1.807) is 6.07 Å². The van der Waals surface area contributed by atoms with Crippen molar-refractivity contribution in [3.05, 3.63) is 30.1 Å². The number of halogens is 1. The average Bonchev–Trinajstić information content (AvgIpc) is 2.39. The van der Waals surface area contributed by atoms with Crippen LogP contribution in [-0.4, -0.2) is 43.2 Å². The monoisotopic (exact) mass is 279 g/mol. The normalized spacial score (nSPS) is 17.5. The van der Waals surface area contributed by atoms with Gasteiger partial charge in [-0.1, -0.05) is 12.1 Å². The molecule has 1 heterocycles. The molecule has 1 aliphatic heterocycles. The van der Waals surface area contributed by atoms with E-state index in [-0.39, 0.29) is 11.4 Å². The summed E-state index contributed by atoms with van der Waals surface area (Å²) >= 11 is 0. The minimum Gasteiger partial charge on any atom is -0.367 e. The zero-order chi connectivity index (χ0) is 14.6. The van der Waals surface area contributed by atoms with Crippen molar-refractivity contribution < 1.29 is 4.39 Å². The summed E-state index contributed by atoms with van der Waals surface area (Å²) < 4.78 is 13.7. The molecule has 0 amide bonds. The summed E-state index contributed by atoms with van der Waals surface area (Å²) in [6, 6.07) is 7.03. The summed E-state index contributed by atoms with van der Waals surface area (Å²) in [5.74, 6) is -0.120. The van der Waals surface area contributed by atoms with Gasteiger partial charge in [-0.15, -0.1) is 0 Å². The van der Waals surface area contributed by atoms with Gasteiger partial charge in [0.25, 0.3) is 0 Å². The summed E-state index contributed by atoms with van der Waals surface area (Å²) in [4.78, 5) is 4.59. The predicted octanol–water partition coefficient (Wildman–Crippen LogP) is 2.47. The number of anilines is 1. The highest BCUT2D eigenvalue weighted by Crippen LogP contribution is 2.20. The minimum atomic E-state index is -0.120. The van der Waals surface area contributed by atoms with Crippen LogP contribution < -0.4 is 10.6 Å². The Balaban J connectivity index is 1.77. The standard InChI is InChI=1S/C16H26FN3/c1-16(2,18)8-5-9-19-10-12-20(13-11-19)15-7-4-3-6-14(15)17/h3-4,6-7H,5,8-13,18H2,1-2H3. The third-order valence-electron chi connectivity index (χ3n) is 3.86. The zero-order valence-electron chi connectivity index (χ0n) is 12.6. The fraction of sp³-hybridized carbons (Fsp3) is 0.625. The van der Waals surface area contributed by atoms with Crippen molar-refractivity contribution >= 4 is 5.69 Å². The van der Waals surface area contributed by atoms with Gasteiger partial charge in [-0.05, 0) is 45.4 Å². The molecule has 2 N–H and O–H groups in total. The number of hydrogen-bond acceptors (Lipinski definition) is 3. The molecule has 1 aliphatic rings. The number of piperazine rings is 1. The highest BCUT2D eigenvalue weighted by molar-refractivity contribution is 5.47. The Labute approximate surface area is 121 Å². The van der Waals surface area contributed by atoms with Crippen LogP contribution >= 0.6 is 0 Å². The first-order valence-electron chi connectivity index (χ1n) is 7.46. The van der Waals surface area contributed by atoms with Crippen LogP contribution in [0.15, 0.2) is 24.3 Å². The molecule has 112 valence electrons. The van der Waals surface area contributed by atoms with Crippen LogP contribution in [0.4, 0.5) is 10.1 Å². The number of hydrogen-bond donors (Lipinski definition) is 1. The molecule has 1 fully saturated rings. The quantitative estimate of drug-likeness (QED) is 0.898. The lowest BCUT2D eigenvalue weighted by atomic mass is 10.00. The molecular formula is C16H26FN3. The Hall–Kier alpha value is -1.13. The smallest absolute Gasteiger partial charge is 0.146 e. The first-order chi connectivity index (χ1) is 9.46. The number of nitrogens with two attached hydrogens (primary N) is 1. The molecule has 0 atom stereocenters. The second-order valence-corrected chi connectivity index (χ2v) is 6.37. The molecule has 0 saturated carbocycles. The highest BCUT2D eigenvalue weighted by atomic mass is 19.1. The van der Waals surface area contributed by atoms with Crippen molar-refractivity contribution in [3.8, 4) is 0 Å². The van der Waals surface area contributed by atoms with Crippen LogP contribution in [-0.2, 0) is 0 Å². The number of rotatable bonds is 5. The topological polar surface area (TPSA) is 32.5 Å². The Bertz CT molecular complexity index is 420. The highest BCUT2D eigenvalue weighted by Gasteiger charge is 2.19. The van der Waals surface area contributed by atoms with Crippen LogP contribution in [0.5, 0.6) is 0 Å².